The number of carbonyl (C=O) groups excluding carboxylic acids is 1. The summed E-state index contributed by atoms with van der Waals surface area (Å²) in [5.41, 5.74) is 6.39. The van der Waals surface area contributed by atoms with Crippen LogP contribution in [0.4, 0.5) is 16.2 Å². The number of amides is 2. The van der Waals surface area contributed by atoms with Gasteiger partial charge in [-0.25, -0.2) is 4.79 Å². The molecule has 0 spiro atoms. The van der Waals surface area contributed by atoms with Gasteiger partial charge in [0.05, 0.1) is 0 Å². The first-order chi connectivity index (χ1) is 14.4. The number of carbonyl (C=O) groups is 1. The Morgan fingerprint density at radius 1 is 0.967 bits per heavy atom. The number of aryl methyl sites for hydroxylation is 4. The highest BCUT2D eigenvalue weighted by Gasteiger charge is 2.23. The van der Waals surface area contributed by atoms with Gasteiger partial charge in [-0.3, -0.25) is 0 Å². The van der Waals surface area contributed by atoms with Crippen molar-refractivity contribution in [2.45, 2.75) is 27.7 Å². The number of rotatable bonds is 3. The van der Waals surface area contributed by atoms with Gasteiger partial charge in [-0.1, -0.05) is 23.4 Å². The lowest BCUT2D eigenvalue weighted by molar-refractivity contribution is 0.208. The van der Waals surface area contributed by atoms with Crippen LogP contribution in [0.5, 0.6) is 0 Å². The topological polar surface area (TPSA) is 74.5 Å². The lowest BCUT2D eigenvalue weighted by Gasteiger charge is -2.37. The molecule has 7 heteroatoms. The molecule has 1 aliphatic rings. The molecule has 1 saturated heterocycles. The van der Waals surface area contributed by atoms with E-state index in [2.05, 4.69) is 45.5 Å². The predicted octanol–water partition coefficient (Wildman–Crippen LogP) is 4.32. The summed E-state index contributed by atoms with van der Waals surface area (Å²) in [4.78, 5) is 21.2. The van der Waals surface area contributed by atoms with Crippen molar-refractivity contribution in [3.05, 3.63) is 59.0 Å². The highest BCUT2D eigenvalue weighted by Crippen LogP contribution is 2.27. The Morgan fingerprint density at radius 2 is 1.67 bits per heavy atom. The first-order valence-electron chi connectivity index (χ1n) is 10.2. The van der Waals surface area contributed by atoms with Gasteiger partial charge in [-0.05, 0) is 55.7 Å². The van der Waals surface area contributed by atoms with Crippen molar-refractivity contribution in [2.24, 2.45) is 0 Å². The summed E-state index contributed by atoms with van der Waals surface area (Å²) in [6, 6.07) is 12.2. The minimum atomic E-state index is -0.0487. The Morgan fingerprint density at radius 3 is 2.30 bits per heavy atom. The fourth-order valence-corrected chi connectivity index (χ4v) is 3.91. The van der Waals surface area contributed by atoms with Gasteiger partial charge in [-0.15, -0.1) is 0 Å². The number of hydrogen-bond acceptors (Lipinski definition) is 5. The van der Waals surface area contributed by atoms with Gasteiger partial charge in [0, 0.05) is 50.0 Å². The maximum atomic E-state index is 12.7. The molecule has 0 aliphatic carbocycles. The molecule has 156 valence electrons. The van der Waals surface area contributed by atoms with E-state index < -0.39 is 0 Å². The summed E-state index contributed by atoms with van der Waals surface area (Å²) in [5.74, 6) is 1.15. The van der Waals surface area contributed by atoms with Gasteiger partial charge >= 0.3 is 6.03 Å². The summed E-state index contributed by atoms with van der Waals surface area (Å²) < 4.78 is 5.11. The molecule has 1 aliphatic heterocycles. The number of anilines is 2. The molecule has 30 heavy (non-hydrogen) atoms. The monoisotopic (exact) mass is 405 g/mol. The minimum Gasteiger partial charge on any atom is -0.368 e. The highest BCUT2D eigenvalue weighted by molar-refractivity contribution is 5.89. The van der Waals surface area contributed by atoms with Crippen LogP contribution in [0, 0.1) is 27.7 Å². The van der Waals surface area contributed by atoms with Gasteiger partial charge in [0.15, 0.2) is 0 Å². The summed E-state index contributed by atoms with van der Waals surface area (Å²) in [7, 11) is 0. The number of aromatic nitrogens is 2. The molecule has 0 radical (unpaired) electrons. The fourth-order valence-electron chi connectivity index (χ4n) is 3.91. The van der Waals surface area contributed by atoms with Gasteiger partial charge in [-0.2, -0.15) is 4.98 Å². The van der Waals surface area contributed by atoms with Crippen LogP contribution in [-0.4, -0.2) is 47.3 Å². The summed E-state index contributed by atoms with van der Waals surface area (Å²) in [5, 5.41) is 7.06. The average Bonchev–Trinajstić information content (AvgIpc) is 3.14. The predicted molar refractivity (Wildman–Crippen MR) is 118 cm³/mol. The first-order valence-corrected chi connectivity index (χ1v) is 10.2. The number of nitrogens with one attached hydrogen (secondary N) is 1. The molecule has 4 rings (SSSR count). The maximum Gasteiger partial charge on any atom is 0.321 e. The van der Waals surface area contributed by atoms with Gasteiger partial charge in [0.1, 0.15) is 0 Å². The molecule has 0 saturated carbocycles. The van der Waals surface area contributed by atoms with Crippen molar-refractivity contribution < 1.29 is 9.32 Å². The van der Waals surface area contributed by atoms with Crippen LogP contribution in [0.25, 0.3) is 11.4 Å². The molecule has 1 aromatic heterocycles. The van der Waals surface area contributed by atoms with Gasteiger partial charge in [0.25, 0.3) is 0 Å². The van der Waals surface area contributed by atoms with Gasteiger partial charge in [0.2, 0.25) is 11.7 Å². The van der Waals surface area contributed by atoms with E-state index in [4.69, 9.17) is 4.52 Å². The van der Waals surface area contributed by atoms with Crippen LogP contribution in [0.3, 0.4) is 0 Å². The van der Waals surface area contributed by atoms with Crippen molar-refractivity contribution in [3.63, 3.8) is 0 Å². The third-order valence-electron chi connectivity index (χ3n) is 5.38. The first kappa shape index (κ1) is 19.9. The third kappa shape index (κ3) is 4.30. The van der Waals surface area contributed by atoms with Crippen LogP contribution >= 0.6 is 0 Å². The zero-order valence-corrected chi connectivity index (χ0v) is 17.9. The van der Waals surface area contributed by atoms with E-state index in [0.29, 0.717) is 24.8 Å². The Bertz CT molecular complexity index is 1050. The molecule has 7 nitrogen and oxygen atoms in total. The van der Waals surface area contributed by atoms with Crippen LogP contribution < -0.4 is 10.2 Å². The molecule has 0 bridgehead atoms. The number of nitrogens with zero attached hydrogens (tertiary/aromatic N) is 4. The maximum absolute atomic E-state index is 12.7. The largest absolute Gasteiger partial charge is 0.368 e. The van der Waals surface area contributed by atoms with E-state index in [1.54, 1.807) is 6.92 Å². The fraction of sp³-hybridized carbons (Fsp3) is 0.348. The quantitative estimate of drug-likeness (QED) is 0.702. The van der Waals surface area contributed by atoms with E-state index in [9.17, 15) is 4.79 Å². The third-order valence-corrected chi connectivity index (χ3v) is 5.38. The minimum absolute atomic E-state index is 0.0487. The average molecular weight is 406 g/mol. The Hall–Kier alpha value is -3.35. The second-order valence-corrected chi connectivity index (χ2v) is 7.92. The summed E-state index contributed by atoms with van der Waals surface area (Å²) >= 11 is 0. The molecule has 0 unspecified atom stereocenters. The molecular weight excluding hydrogens is 378 g/mol. The van der Waals surface area contributed by atoms with E-state index in [0.717, 1.165) is 41.2 Å². The summed E-state index contributed by atoms with van der Waals surface area (Å²) in [6.07, 6.45) is 0. The Labute approximate surface area is 176 Å². The standard InChI is InChI=1S/C23H27N5O2/c1-15-11-16(2)13-20(12-15)25-23(29)28-9-7-27(8-10-28)21-14-19(6-5-17(21)3)22-24-18(4)30-26-22/h5-6,11-14H,7-10H2,1-4H3,(H,25,29). The molecule has 2 heterocycles. The molecule has 1 N–H and O–H groups in total. The normalized spacial score (nSPS) is 14.1. The molecular formula is C23H27N5O2. The van der Waals surface area contributed by atoms with E-state index in [1.807, 2.05) is 36.9 Å². The Balaban J connectivity index is 1.42. The van der Waals surface area contributed by atoms with E-state index in [1.165, 1.54) is 5.56 Å². The lowest BCUT2D eigenvalue weighted by atomic mass is 10.1. The zero-order chi connectivity index (χ0) is 21.3. The van der Waals surface area contributed by atoms with Crippen molar-refractivity contribution in [3.8, 4) is 11.4 Å². The van der Waals surface area contributed by atoms with Crippen LogP contribution in [0.2, 0.25) is 0 Å². The smallest absolute Gasteiger partial charge is 0.321 e. The number of hydrogen-bond donors (Lipinski definition) is 1. The zero-order valence-electron chi connectivity index (χ0n) is 17.9. The number of urea groups is 1. The van der Waals surface area contributed by atoms with Crippen molar-refractivity contribution in [2.75, 3.05) is 36.4 Å². The van der Waals surface area contributed by atoms with E-state index >= 15 is 0 Å². The number of piperazine rings is 1. The SMILES string of the molecule is Cc1cc(C)cc(NC(=O)N2CCN(c3cc(-c4noc(C)n4)ccc3C)CC2)c1. The molecule has 2 aromatic carbocycles. The number of benzene rings is 2. The van der Waals surface area contributed by atoms with Crippen LogP contribution in [0.15, 0.2) is 40.9 Å². The van der Waals surface area contributed by atoms with Crippen molar-refractivity contribution in [1.29, 1.82) is 0 Å². The Kier molecular flexibility index (Phi) is 5.44. The highest BCUT2D eigenvalue weighted by atomic mass is 16.5. The van der Waals surface area contributed by atoms with Crippen molar-refractivity contribution >= 4 is 17.4 Å². The van der Waals surface area contributed by atoms with Crippen molar-refractivity contribution in [1.82, 2.24) is 15.0 Å². The van der Waals surface area contributed by atoms with Gasteiger partial charge < -0.3 is 19.6 Å². The molecule has 0 atom stereocenters. The van der Waals surface area contributed by atoms with Crippen LogP contribution in [0.1, 0.15) is 22.6 Å². The molecule has 1 fully saturated rings. The van der Waals surface area contributed by atoms with Crippen LogP contribution in [-0.2, 0) is 0 Å². The second-order valence-electron chi connectivity index (χ2n) is 7.92. The van der Waals surface area contributed by atoms with E-state index in [-0.39, 0.29) is 6.03 Å². The second kappa shape index (κ2) is 8.18. The summed E-state index contributed by atoms with van der Waals surface area (Å²) in [6.45, 7) is 10.8. The molecule has 3 aromatic rings. The lowest BCUT2D eigenvalue weighted by Crippen LogP contribution is -2.50. The molecule has 2 amide bonds.